The van der Waals surface area contributed by atoms with Crippen LogP contribution in [0.25, 0.3) is 0 Å². The van der Waals surface area contributed by atoms with E-state index in [9.17, 15) is 0 Å². The van der Waals surface area contributed by atoms with Crippen molar-refractivity contribution in [2.75, 3.05) is 20.6 Å². The van der Waals surface area contributed by atoms with Gasteiger partial charge in [-0.25, -0.2) is 0 Å². The number of hydrogen-bond donors (Lipinski definition) is 1. The molecular weight excluding hydrogens is 284 g/mol. The highest BCUT2D eigenvalue weighted by Gasteiger charge is 2.11. The summed E-state index contributed by atoms with van der Waals surface area (Å²) < 4.78 is 2.14. The molecule has 2 aromatic rings. The second kappa shape index (κ2) is 7.86. The molecule has 0 aliphatic heterocycles. The SMILES string of the molecule is CN=C(NCC(C)c1ccc(C)cc1)N(C)Cc1cccn1C. The third-order valence-corrected chi connectivity index (χ3v) is 4.24. The van der Waals surface area contributed by atoms with Crippen molar-refractivity contribution in [1.29, 1.82) is 0 Å². The smallest absolute Gasteiger partial charge is 0.193 e. The van der Waals surface area contributed by atoms with Gasteiger partial charge in [0, 0.05) is 39.6 Å². The fraction of sp³-hybridized carbons (Fsp3) is 0.421. The third kappa shape index (κ3) is 4.62. The summed E-state index contributed by atoms with van der Waals surface area (Å²) in [6.07, 6.45) is 2.07. The Bertz CT molecular complexity index is 640. The number of rotatable bonds is 5. The molecule has 0 saturated carbocycles. The normalized spacial score (nSPS) is 13.0. The molecule has 1 aromatic carbocycles. The molecule has 0 bridgehead atoms. The maximum atomic E-state index is 4.40. The van der Waals surface area contributed by atoms with Crippen LogP contribution in [0.1, 0.15) is 29.7 Å². The summed E-state index contributed by atoms with van der Waals surface area (Å²) in [5.41, 5.74) is 3.91. The second-order valence-corrected chi connectivity index (χ2v) is 6.21. The van der Waals surface area contributed by atoms with Gasteiger partial charge in [0.05, 0.1) is 6.54 Å². The number of aliphatic imine (C=N–C) groups is 1. The van der Waals surface area contributed by atoms with Gasteiger partial charge >= 0.3 is 0 Å². The molecule has 2 rings (SSSR count). The summed E-state index contributed by atoms with van der Waals surface area (Å²) in [4.78, 5) is 6.55. The molecule has 1 N–H and O–H groups in total. The van der Waals surface area contributed by atoms with Gasteiger partial charge in [-0.15, -0.1) is 0 Å². The molecule has 1 aromatic heterocycles. The Morgan fingerprint density at radius 2 is 1.96 bits per heavy atom. The number of benzene rings is 1. The first-order valence-electron chi connectivity index (χ1n) is 8.09. The molecule has 4 heteroatoms. The van der Waals surface area contributed by atoms with Gasteiger partial charge in [0.1, 0.15) is 0 Å². The quantitative estimate of drug-likeness (QED) is 0.679. The van der Waals surface area contributed by atoms with Crippen molar-refractivity contribution in [2.45, 2.75) is 26.3 Å². The minimum absolute atomic E-state index is 0.441. The Morgan fingerprint density at radius 1 is 1.26 bits per heavy atom. The number of guanidine groups is 1. The molecule has 0 spiro atoms. The fourth-order valence-electron chi connectivity index (χ4n) is 2.62. The first-order valence-corrected chi connectivity index (χ1v) is 8.09. The van der Waals surface area contributed by atoms with Gasteiger partial charge in [-0.05, 0) is 30.5 Å². The average Bonchev–Trinajstić information content (AvgIpc) is 2.93. The van der Waals surface area contributed by atoms with Gasteiger partial charge in [0.25, 0.3) is 0 Å². The molecule has 0 aliphatic rings. The zero-order valence-corrected chi connectivity index (χ0v) is 14.9. The van der Waals surface area contributed by atoms with Crippen LogP contribution < -0.4 is 5.32 Å². The summed E-state index contributed by atoms with van der Waals surface area (Å²) in [7, 11) is 5.97. The van der Waals surface area contributed by atoms with Crippen LogP contribution in [0.3, 0.4) is 0 Å². The Kier molecular flexibility index (Phi) is 5.85. The molecule has 23 heavy (non-hydrogen) atoms. The fourth-order valence-corrected chi connectivity index (χ4v) is 2.62. The van der Waals surface area contributed by atoms with Crippen LogP contribution in [-0.2, 0) is 13.6 Å². The van der Waals surface area contributed by atoms with Gasteiger partial charge in [0.15, 0.2) is 5.96 Å². The van der Waals surface area contributed by atoms with Crippen LogP contribution in [0.2, 0.25) is 0 Å². The van der Waals surface area contributed by atoms with E-state index in [0.29, 0.717) is 5.92 Å². The van der Waals surface area contributed by atoms with E-state index in [1.807, 2.05) is 7.05 Å². The maximum absolute atomic E-state index is 4.40. The van der Waals surface area contributed by atoms with E-state index in [2.05, 4.69) is 90.3 Å². The minimum atomic E-state index is 0.441. The molecule has 1 atom stereocenters. The molecule has 0 saturated heterocycles. The van der Waals surface area contributed by atoms with Crippen LogP contribution in [0, 0.1) is 6.92 Å². The number of aryl methyl sites for hydroxylation is 2. The average molecular weight is 312 g/mol. The van der Waals surface area contributed by atoms with E-state index < -0.39 is 0 Å². The number of aromatic nitrogens is 1. The maximum Gasteiger partial charge on any atom is 0.193 e. The summed E-state index contributed by atoms with van der Waals surface area (Å²) in [6.45, 7) is 6.06. The Balaban J connectivity index is 1.91. The third-order valence-electron chi connectivity index (χ3n) is 4.24. The molecule has 124 valence electrons. The zero-order chi connectivity index (χ0) is 16.8. The first kappa shape index (κ1) is 17.1. The summed E-state index contributed by atoms with van der Waals surface area (Å²) in [5.74, 6) is 1.36. The molecule has 0 aliphatic carbocycles. The van der Waals surface area contributed by atoms with E-state index in [1.165, 1.54) is 16.8 Å². The van der Waals surface area contributed by atoms with Crippen LogP contribution in [0.5, 0.6) is 0 Å². The Morgan fingerprint density at radius 3 is 2.52 bits per heavy atom. The van der Waals surface area contributed by atoms with E-state index in [-0.39, 0.29) is 0 Å². The molecule has 1 unspecified atom stereocenters. The van der Waals surface area contributed by atoms with E-state index in [4.69, 9.17) is 0 Å². The van der Waals surface area contributed by atoms with Crippen molar-refractivity contribution < 1.29 is 0 Å². The van der Waals surface area contributed by atoms with Gasteiger partial charge in [-0.2, -0.15) is 0 Å². The van der Waals surface area contributed by atoms with Crippen LogP contribution >= 0.6 is 0 Å². The predicted molar refractivity (Wildman–Crippen MR) is 97.8 cm³/mol. The predicted octanol–water partition coefficient (Wildman–Crippen LogP) is 3.14. The highest BCUT2D eigenvalue weighted by Crippen LogP contribution is 2.15. The van der Waals surface area contributed by atoms with Gasteiger partial charge in [-0.3, -0.25) is 4.99 Å². The van der Waals surface area contributed by atoms with Crippen molar-refractivity contribution in [3.05, 3.63) is 59.4 Å². The van der Waals surface area contributed by atoms with Crippen molar-refractivity contribution in [2.24, 2.45) is 12.0 Å². The van der Waals surface area contributed by atoms with Gasteiger partial charge < -0.3 is 14.8 Å². The first-order chi connectivity index (χ1) is 11.0. The largest absolute Gasteiger partial charge is 0.356 e. The zero-order valence-electron chi connectivity index (χ0n) is 14.9. The number of nitrogens with zero attached hydrogens (tertiary/aromatic N) is 3. The Labute approximate surface area is 139 Å². The van der Waals surface area contributed by atoms with Gasteiger partial charge in [-0.1, -0.05) is 36.8 Å². The van der Waals surface area contributed by atoms with Crippen molar-refractivity contribution in [3.63, 3.8) is 0 Å². The highest BCUT2D eigenvalue weighted by molar-refractivity contribution is 5.79. The second-order valence-electron chi connectivity index (χ2n) is 6.21. The van der Waals surface area contributed by atoms with Crippen LogP contribution in [-0.4, -0.2) is 36.1 Å². The van der Waals surface area contributed by atoms with E-state index in [1.54, 1.807) is 0 Å². The molecule has 0 fully saturated rings. The highest BCUT2D eigenvalue weighted by atomic mass is 15.3. The number of hydrogen-bond acceptors (Lipinski definition) is 1. The van der Waals surface area contributed by atoms with E-state index in [0.717, 1.165) is 19.0 Å². The lowest BCUT2D eigenvalue weighted by Gasteiger charge is -2.24. The molecule has 0 amide bonds. The summed E-state index contributed by atoms with van der Waals surface area (Å²) in [5, 5.41) is 3.48. The topological polar surface area (TPSA) is 32.6 Å². The number of nitrogens with one attached hydrogen (secondary N) is 1. The monoisotopic (exact) mass is 312 g/mol. The standard InChI is InChI=1S/C19H28N4/c1-15-8-10-17(11-9-15)16(2)13-21-19(20-3)23(5)14-18-7-6-12-22(18)4/h6-12,16H,13-14H2,1-5H3,(H,20,21). The molecular formula is C19H28N4. The lowest BCUT2D eigenvalue weighted by atomic mass is 10.0. The molecule has 1 heterocycles. The summed E-state index contributed by atoms with van der Waals surface area (Å²) in [6, 6.07) is 13.0. The van der Waals surface area contributed by atoms with Crippen LogP contribution in [0.15, 0.2) is 47.6 Å². The van der Waals surface area contributed by atoms with Crippen LogP contribution in [0.4, 0.5) is 0 Å². The lowest BCUT2D eigenvalue weighted by molar-refractivity contribution is 0.459. The Hall–Kier alpha value is -2.23. The lowest BCUT2D eigenvalue weighted by Crippen LogP contribution is -2.40. The summed E-state index contributed by atoms with van der Waals surface area (Å²) >= 11 is 0. The van der Waals surface area contributed by atoms with Crippen molar-refractivity contribution >= 4 is 5.96 Å². The van der Waals surface area contributed by atoms with Crippen molar-refractivity contribution in [1.82, 2.24) is 14.8 Å². The van der Waals surface area contributed by atoms with Gasteiger partial charge in [0.2, 0.25) is 0 Å². The molecule has 0 radical (unpaired) electrons. The van der Waals surface area contributed by atoms with E-state index >= 15 is 0 Å². The minimum Gasteiger partial charge on any atom is -0.356 e. The molecule has 4 nitrogen and oxygen atoms in total. The van der Waals surface area contributed by atoms with Crippen molar-refractivity contribution in [3.8, 4) is 0 Å².